The molecule has 0 atom stereocenters. The van der Waals surface area contributed by atoms with Crippen LogP contribution >= 0.6 is 0 Å². The summed E-state index contributed by atoms with van der Waals surface area (Å²) in [5, 5.41) is 5.43. The minimum atomic E-state index is -0.269. The summed E-state index contributed by atoms with van der Waals surface area (Å²) in [5.74, 6) is -0.624. The smallest absolute Gasteiger partial charge is 0.309 e. The fourth-order valence-corrected chi connectivity index (χ4v) is 3.82. The Hall–Kier alpha value is -3.48. The zero-order chi connectivity index (χ0) is 21.1. The molecule has 7 heteroatoms. The van der Waals surface area contributed by atoms with Crippen molar-refractivity contribution in [2.75, 3.05) is 19.7 Å². The van der Waals surface area contributed by atoms with Gasteiger partial charge in [-0.2, -0.15) is 9.78 Å². The molecule has 1 saturated heterocycles. The normalized spacial score (nSPS) is 14.6. The van der Waals surface area contributed by atoms with Crippen molar-refractivity contribution < 1.29 is 14.3 Å². The van der Waals surface area contributed by atoms with E-state index >= 15 is 0 Å². The Morgan fingerprint density at radius 3 is 2.30 bits per heavy atom. The van der Waals surface area contributed by atoms with Crippen molar-refractivity contribution in [1.82, 2.24) is 14.7 Å². The van der Waals surface area contributed by atoms with Crippen LogP contribution in [0.2, 0.25) is 0 Å². The van der Waals surface area contributed by atoms with E-state index in [0.29, 0.717) is 49.0 Å². The minimum Gasteiger partial charge on any atom is -0.466 e. The van der Waals surface area contributed by atoms with Gasteiger partial charge in [-0.05, 0) is 38.0 Å². The fraction of sp³-hybridized carbons (Fsp3) is 0.304. The quantitative estimate of drug-likeness (QED) is 0.624. The number of nitrogens with zero attached hydrogens (tertiary/aromatic N) is 3. The Kier molecular flexibility index (Phi) is 5.61. The molecule has 0 N–H and O–H groups in total. The van der Waals surface area contributed by atoms with Crippen LogP contribution in [0.1, 0.15) is 30.3 Å². The molecule has 3 aromatic rings. The molecular weight excluding hydrogens is 382 g/mol. The van der Waals surface area contributed by atoms with Crippen LogP contribution in [0.4, 0.5) is 0 Å². The van der Waals surface area contributed by atoms with E-state index < -0.39 is 0 Å². The van der Waals surface area contributed by atoms with Gasteiger partial charge in [-0.1, -0.05) is 36.4 Å². The molecule has 1 amide bonds. The Morgan fingerprint density at radius 2 is 1.63 bits per heavy atom. The maximum Gasteiger partial charge on any atom is 0.309 e. The van der Waals surface area contributed by atoms with E-state index in [1.807, 2.05) is 18.2 Å². The van der Waals surface area contributed by atoms with Crippen LogP contribution in [0.3, 0.4) is 0 Å². The predicted octanol–water partition coefficient (Wildman–Crippen LogP) is 2.80. The third-order valence-corrected chi connectivity index (χ3v) is 5.41. The van der Waals surface area contributed by atoms with Gasteiger partial charge in [0, 0.05) is 18.5 Å². The van der Waals surface area contributed by atoms with Crippen LogP contribution in [0.15, 0.2) is 59.4 Å². The highest BCUT2D eigenvalue weighted by atomic mass is 16.5. The molecule has 0 bridgehead atoms. The Bertz CT molecular complexity index is 1130. The topological polar surface area (TPSA) is 81.5 Å². The average molecular weight is 405 g/mol. The first-order valence-corrected chi connectivity index (χ1v) is 10.1. The van der Waals surface area contributed by atoms with E-state index in [9.17, 15) is 14.4 Å². The number of carbonyl (C=O) groups is 2. The number of hydrogen-bond donors (Lipinski definition) is 0. The van der Waals surface area contributed by atoms with Crippen molar-refractivity contribution in [1.29, 1.82) is 0 Å². The molecule has 0 radical (unpaired) electrons. The van der Waals surface area contributed by atoms with E-state index in [1.165, 1.54) is 4.68 Å². The number of rotatable bonds is 4. The Balaban J connectivity index is 1.69. The van der Waals surface area contributed by atoms with Crippen LogP contribution in [0.25, 0.3) is 16.5 Å². The zero-order valence-corrected chi connectivity index (χ0v) is 16.8. The number of para-hydroxylation sites is 1. The number of piperidine rings is 1. The molecule has 1 aliphatic heterocycles. The number of likely N-dealkylation sites (tertiary alicyclic amines) is 1. The summed E-state index contributed by atoms with van der Waals surface area (Å²) in [4.78, 5) is 40.0. The summed E-state index contributed by atoms with van der Waals surface area (Å²) in [6.07, 6.45) is 1.11. The first kappa shape index (κ1) is 19.8. The lowest BCUT2D eigenvalue weighted by molar-refractivity contribution is -0.149. The van der Waals surface area contributed by atoms with E-state index in [2.05, 4.69) is 5.10 Å². The first-order valence-electron chi connectivity index (χ1n) is 10.1. The largest absolute Gasteiger partial charge is 0.466 e. The van der Waals surface area contributed by atoms with Crippen LogP contribution in [-0.4, -0.2) is 46.3 Å². The zero-order valence-electron chi connectivity index (χ0n) is 16.8. The van der Waals surface area contributed by atoms with Gasteiger partial charge in [-0.25, -0.2) is 0 Å². The number of amides is 1. The highest BCUT2D eigenvalue weighted by molar-refractivity contribution is 6.05. The Morgan fingerprint density at radius 1 is 1.00 bits per heavy atom. The van der Waals surface area contributed by atoms with Gasteiger partial charge in [0.05, 0.1) is 23.6 Å². The molecule has 1 fully saturated rings. The van der Waals surface area contributed by atoms with Crippen LogP contribution < -0.4 is 5.56 Å². The predicted molar refractivity (Wildman–Crippen MR) is 113 cm³/mol. The molecule has 1 aromatic heterocycles. The van der Waals surface area contributed by atoms with Gasteiger partial charge >= 0.3 is 5.97 Å². The molecule has 0 saturated carbocycles. The summed E-state index contributed by atoms with van der Waals surface area (Å²) in [7, 11) is 0. The molecule has 7 nitrogen and oxygen atoms in total. The van der Waals surface area contributed by atoms with E-state index in [-0.39, 0.29) is 29.0 Å². The molecule has 0 aliphatic carbocycles. The van der Waals surface area contributed by atoms with Crippen LogP contribution in [0, 0.1) is 5.92 Å². The third kappa shape index (κ3) is 3.70. The molecule has 154 valence electrons. The first-order chi connectivity index (χ1) is 14.6. The van der Waals surface area contributed by atoms with E-state index in [4.69, 9.17) is 4.74 Å². The molecule has 1 aliphatic rings. The number of aromatic nitrogens is 2. The van der Waals surface area contributed by atoms with Gasteiger partial charge < -0.3 is 9.64 Å². The van der Waals surface area contributed by atoms with Gasteiger partial charge in [0.25, 0.3) is 11.5 Å². The Labute approximate surface area is 173 Å². The molecule has 2 aromatic carbocycles. The van der Waals surface area contributed by atoms with Gasteiger partial charge in [-0.3, -0.25) is 14.4 Å². The van der Waals surface area contributed by atoms with Gasteiger partial charge in [0.2, 0.25) is 0 Å². The van der Waals surface area contributed by atoms with Gasteiger partial charge in [-0.15, -0.1) is 0 Å². The monoisotopic (exact) mass is 405 g/mol. The molecular formula is C23H23N3O4. The van der Waals surface area contributed by atoms with Crippen LogP contribution in [0.5, 0.6) is 0 Å². The summed E-state index contributed by atoms with van der Waals surface area (Å²) in [6.45, 7) is 3.04. The number of ether oxygens (including phenoxy) is 1. The minimum absolute atomic E-state index is 0.183. The molecule has 0 unspecified atom stereocenters. The van der Waals surface area contributed by atoms with Crippen molar-refractivity contribution in [2.24, 2.45) is 5.92 Å². The lowest BCUT2D eigenvalue weighted by Gasteiger charge is -2.30. The van der Waals surface area contributed by atoms with Crippen molar-refractivity contribution in [3.8, 4) is 5.69 Å². The molecule has 2 heterocycles. The van der Waals surface area contributed by atoms with Gasteiger partial charge in [0.15, 0.2) is 5.69 Å². The maximum atomic E-state index is 13.3. The second kappa shape index (κ2) is 8.49. The van der Waals surface area contributed by atoms with Crippen LogP contribution in [-0.2, 0) is 9.53 Å². The lowest BCUT2D eigenvalue weighted by atomic mass is 9.96. The number of esters is 1. The summed E-state index contributed by atoms with van der Waals surface area (Å²) >= 11 is 0. The highest BCUT2D eigenvalue weighted by Gasteiger charge is 2.30. The van der Waals surface area contributed by atoms with Crippen molar-refractivity contribution in [3.63, 3.8) is 0 Å². The number of carbonyl (C=O) groups excluding carboxylic acids is 2. The van der Waals surface area contributed by atoms with Crippen molar-refractivity contribution in [2.45, 2.75) is 19.8 Å². The standard InChI is InChI=1S/C23H23N3O4/c1-2-30-23(29)16-12-14-25(15-13-16)22(28)20-18-10-6-7-11-19(18)21(27)26(24-20)17-8-4-3-5-9-17/h3-11,16H,2,12-15H2,1H3. The SMILES string of the molecule is CCOC(=O)C1CCN(C(=O)c2nn(-c3ccccc3)c(=O)c3ccccc23)CC1. The number of fused-ring (bicyclic) bond motifs is 1. The van der Waals surface area contributed by atoms with Crippen molar-refractivity contribution >= 4 is 22.6 Å². The average Bonchev–Trinajstić information content (AvgIpc) is 2.80. The summed E-state index contributed by atoms with van der Waals surface area (Å²) in [6, 6.07) is 16.1. The second-order valence-corrected chi connectivity index (χ2v) is 7.27. The third-order valence-electron chi connectivity index (χ3n) is 5.41. The molecule has 4 rings (SSSR count). The summed E-state index contributed by atoms with van der Waals surface area (Å²) < 4.78 is 6.38. The van der Waals surface area contributed by atoms with E-state index in [0.717, 1.165) is 0 Å². The molecule has 0 spiro atoms. The van der Waals surface area contributed by atoms with Crippen molar-refractivity contribution in [3.05, 3.63) is 70.6 Å². The summed E-state index contributed by atoms with van der Waals surface area (Å²) in [5.41, 5.74) is 0.571. The van der Waals surface area contributed by atoms with Gasteiger partial charge in [0.1, 0.15) is 0 Å². The highest BCUT2D eigenvalue weighted by Crippen LogP contribution is 2.22. The fourth-order valence-electron chi connectivity index (χ4n) is 3.82. The van der Waals surface area contributed by atoms with E-state index in [1.54, 1.807) is 48.2 Å². The second-order valence-electron chi connectivity index (χ2n) is 7.27. The maximum absolute atomic E-state index is 13.3. The number of hydrogen-bond acceptors (Lipinski definition) is 5. The lowest BCUT2D eigenvalue weighted by Crippen LogP contribution is -2.41. The molecule has 30 heavy (non-hydrogen) atoms. The number of benzene rings is 2.